The Labute approximate surface area is 212 Å². The van der Waals surface area contributed by atoms with E-state index >= 15 is 0 Å². The summed E-state index contributed by atoms with van der Waals surface area (Å²) >= 11 is 0. The van der Waals surface area contributed by atoms with E-state index in [0.29, 0.717) is 25.5 Å². The Hall–Kier alpha value is -3.37. The molecule has 4 rings (SSSR count). The number of ether oxygens (including phenoxy) is 2. The normalized spacial score (nSPS) is 18.7. The summed E-state index contributed by atoms with van der Waals surface area (Å²) in [6.07, 6.45) is 1.39. The van der Waals surface area contributed by atoms with Crippen molar-refractivity contribution in [3.8, 4) is 5.69 Å². The lowest BCUT2D eigenvalue weighted by Gasteiger charge is -2.36. The second-order valence-electron chi connectivity index (χ2n) is 10.4. The van der Waals surface area contributed by atoms with Crippen LogP contribution in [-0.2, 0) is 21.6 Å². The number of amides is 1. The van der Waals surface area contributed by atoms with E-state index in [1.807, 2.05) is 71.9 Å². The average molecular weight is 494 g/mol. The molecule has 3 aromatic rings. The number of pyridine rings is 1. The highest BCUT2D eigenvalue weighted by Gasteiger charge is 2.43. The van der Waals surface area contributed by atoms with Gasteiger partial charge in [0.05, 0.1) is 25.4 Å². The molecule has 0 radical (unpaired) electrons. The number of aryl methyl sites for hydroxylation is 3. The van der Waals surface area contributed by atoms with Gasteiger partial charge in [0.1, 0.15) is 11.1 Å². The minimum Gasteiger partial charge on any atom is -0.444 e. The molecule has 0 saturated carbocycles. The maximum atomic E-state index is 13.2. The van der Waals surface area contributed by atoms with Crippen LogP contribution in [0.4, 0.5) is 4.79 Å². The molecule has 0 spiro atoms. The number of nitrogens with one attached hydrogen (secondary N) is 1. The molecule has 2 aromatic heterocycles. The highest BCUT2D eigenvalue weighted by atomic mass is 16.6. The van der Waals surface area contributed by atoms with Crippen LogP contribution >= 0.6 is 0 Å². The van der Waals surface area contributed by atoms with E-state index in [0.717, 1.165) is 28.1 Å². The summed E-state index contributed by atoms with van der Waals surface area (Å²) in [5.41, 5.74) is 3.46. The molecule has 1 atom stereocenters. The van der Waals surface area contributed by atoms with E-state index in [1.165, 1.54) is 0 Å². The number of tetrazole rings is 1. The Bertz CT molecular complexity index is 1200. The van der Waals surface area contributed by atoms with Gasteiger partial charge in [-0.2, -0.15) is 4.68 Å². The van der Waals surface area contributed by atoms with Crippen molar-refractivity contribution in [2.75, 3.05) is 26.3 Å². The zero-order valence-corrected chi connectivity index (χ0v) is 21.9. The standard InChI is InChI=1S/C26H35N7O3/c1-18-8-7-9-19(2)22(18)33-23(29-30-31-33)26(28-15-21-10-11-27-20(3)14-21)16-32(12-13-35-17-26)24(34)36-25(4,5)6/h7-11,14,28H,12-13,15-17H2,1-6H3. The van der Waals surface area contributed by atoms with Crippen LogP contribution in [0.1, 0.15) is 49.0 Å². The van der Waals surface area contributed by atoms with Gasteiger partial charge in [-0.15, -0.1) is 5.10 Å². The van der Waals surface area contributed by atoms with Gasteiger partial charge >= 0.3 is 6.09 Å². The summed E-state index contributed by atoms with van der Waals surface area (Å²) in [6, 6.07) is 10.1. The SMILES string of the molecule is Cc1cc(CNC2(c3nnnn3-c3c(C)cccc3C)COCCN(C(=O)OC(C)(C)C)C2)ccn1. The van der Waals surface area contributed by atoms with Crippen molar-refractivity contribution in [1.29, 1.82) is 0 Å². The summed E-state index contributed by atoms with van der Waals surface area (Å²) in [7, 11) is 0. The van der Waals surface area contributed by atoms with Crippen molar-refractivity contribution in [3.63, 3.8) is 0 Å². The molecule has 3 heterocycles. The number of para-hydroxylation sites is 1. The van der Waals surface area contributed by atoms with Crippen LogP contribution in [0.3, 0.4) is 0 Å². The predicted octanol–water partition coefficient (Wildman–Crippen LogP) is 3.23. The summed E-state index contributed by atoms with van der Waals surface area (Å²) < 4.78 is 13.5. The lowest BCUT2D eigenvalue weighted by atomic mass is 9.97. The molecule has 0 aliphatic carbocycles. The number of nitrogens with zero attached hydrogens (tertiary/aromatic N) is 6. The van der Waals surface area contributed by atoms with E-state index in [-0.39, 0.29) is 13.2 Å². The Balaban J connectivity index is 1.78. The van der Waals surface area contributed by atoms with Crippen molar-refractivity contribution in [1.82, 2.24) is 35.4 Å². The number of aromatic nitrogens is 5. The van der Waals surface area contributed by atoms with E-state index < -0.39 is 17.2 Å². The molecule has 1 fully saturated rings. The van der Waals surface area contributed by atoms with Gasteiger partial charge in [-0.1, -0.05) is 18.2 Å². The van der Waals surface area contributed by atoms with Crippen LogP contribution in [-0.4, -0.2) is 68.1 Å². The van der Waals surface area contributed by atoms with Gasteiger partial charge in [0.15, 0.2) is 5.82 Å². The predicted molar refractivity (Wildman–Crippen MR) is 135 cm³/mol. The fourth-order valence-corrected chi connectivity index (χ4v) is 4.44. The number of carbonyl (C=O) groups excluding carboxylic acids is 1. The second-order valence-corrected chi connectivity index (χ2v) is 10.4. The Morgan fingerprint density at radius 1 is 1.19 bits per heavy atom. The topological polar surface area (TPSA) is 107 Å². The van der Waals surface area contributed by atoms with Crippen molar-refractivity contribution in [2.24, 2.45) is 0 Å². The molecule has 10 heteroatoms. The number of hydrogen-bond acceptors (Lipinski definition) is 8. The van der Waals surface area contributed by atoms with Gasteiger partial charge in [-0.25, -0.2) is 4.79 Å². The average Bonchev–Trinajstić information content (AvgIpc) is 3.17. The number of hydrogen-bond donors (Lipinski definition) is 1. The highest BCUT2D eigenvalue weighted by Crippen LogP contribution is 2.29. The molecule has 1 aliphatic rings. The first-order chi connectivity index (χ1) is 17.1. The van der Waals surface area contributed by atoms with E-state index in [4.69, 9.17) is 9.47 Å². The highest BCUT2D eigenvalue weighted by molar-refractivity contribution is 5.68. The fourth-order valence-electron chi connectivity index (χ4n) is 4.44. The van der Waals surface area contributed by atoms with Gasteiger partial charge in [0.25, 0.3) is 0 Å². The number of rotatable bonds is 5. The van der Waals surface area contributed by atoms with Crippen LogP contribution in [0.15, 0.2) is 36.5 Å². The van der Waals surface area contributed by atoms with Gasteiger partial charge in [0.2, 0.25) is 0 Å². The molecular weight excluding hydrogens is 458 g/mol. The monoisotopic (exact) mass is 493 g/mol. The van der Waals surface area contributed by atoms with Crippen molar-refractivity contribution in [2.45, 2.75) is 59.2 Å². The Morgan fingerprint density at radius 3 is 2.64 bits per heavy atom. The summed E-state index contributed by atoms with van der Waals surface area (Å²) in [5, 5.41) is 16.6. The van der Waals surface area contributed by atoms with Gasteiger partial charge in [0, 0.05) is 25.0 Å². The zero-order valence-electron chi connectivity index (χ0n) is 21.9. The Morgan fingerprint density at radius 2 is 1.94 bits per heavy atom. The molecule has 192 valence electrons. The van der Waals surface area contributed by atoms with Crippen molar-refractivity contribution >= 4 is 6.09 Å². The van der Waals surface area contributed by atoms with E-state index in [1.54, 1.807) is 15.8 Å². The minimum atomic E-state index is -0.900. The van der Waals surface area contributed by atoms with Gasteiger partial charge in [-0.3, -0.25) is 10.3 Å². The van der Waals surface area contributed by atoms with Gasteiger partial charge in [-0.05, 0) is 80.8 Å². The fraction of sp³-hybridized carbons (Fsp3) is 0.500. The van der Waals surface area contributed by atoms with Gasteiger partial charge < -0.3 is 14.4 Å². The van der Waals surface area contributed by atoms with Crippen LogP contribution < -0.4 is 5.32 Å². The third-order valence-electron chi connectivity index (χ3n) is 6.11. The lowest BCUT2D eigenvalue weighted by molar-refractivity contribution is 0.0210. The van der Waals surface area contributed by atoms with Crippen molar-refractivity contribution < 1.29 is 14.3 Å². The van der Waals surface area contributed by atoms with E-state index in [9.17, 15) is 4.79 Å². The maximum Gasteiger partial charge on any atom is 0.410 e. The first kappa shape index (κ1) is 25.7. The summed E-state index contributed by atoms with van der Waals surface area (Å²) in [5.74, 6) is 0.570. The molecule has 10 nitrogen and oxygen atoms in total. The van der Waals surface area contributed by atoms with Crippen LogP contribution in [0.2, 0.25) is 0 Å². The quantitative estimate of drug-likeness (QED) is 0.577. The first-order valence-corrected chi connectivity index (χ1v) is 12.2. The smallest absolute Gasteiger partial charge is 0.410 e. The molecule has 1 aromatic carbocycles. The van der Waals surface area contributed by atoms with Crippen LogP contribution in [0.25, 0.3) is 5.69 Å². The third-order valence-corrected chi connectivity index (χ3v) is 6.11. The second kappa shape index (κ2) is 10.3. The number of benzene rings is 1. The van der Waals surface area contributed by atoms with E-state index in [2.05, 4.69) is 25.8 Å². The first-order valence-electron chi connectivity index (χ1n) is 12.2. The lowest BCUT2D eigenvalue weighted by Crippen LogP contribution is -2.55. The van der Waals surface area contributed by atoms with Crippen molar-refractivity contribution in [3.05, 3.63) is 64.7 Å². The number of carbonyl (C=O) groups is 1. The Kier molecular flexibility index (Phi) is 7.37. The summed E-state index contributed by atoms with van der Waals surface area (Å²) in [4.78, 5) is 19.1. The molecule has 1 amide bonds. The molecular formula is C26H35N7O3. The summed E-state index contributed by atoms with van der Waals surface area (Å²) in [6.45, 7) is 13.4. The molecule has 1 aliphatic heterocycles. The molecule has 1 saturated heterocycles. The molecule has 1 unspecified atom stereocenters. The van der Waals surface area contributed by atoms with Crippen LogP contribution in [0, 0.1) is 20.8 Å². The molecule has 0 bridgehead atoms. The molecule has 1 N–H and O–H groups in total. The maximum absolute atomic E-state index is 13.2. The third kappa shape index (κ3) is 5.71. The van der Waals surface area contributed by atoms with Crippen LogP contribution in [0.5, 0.6) is 0 Å². The molecule has 36 heavy (non-hydrogen) atoms. The minimum absolute atomic E-state index is 0.275. The largest absolute Gasteiger partial charge is 0.444 e. The zero-order chi connectivity index (χ0) is 25.9.